The molecule has 4 nitrogen and oxygen atoms in total. The number of benzene rings is 2. The zero-order valence-electron chi connectivity index (χ0n) is 15.2. The van der Waals surface area contributed by atoms with E-state index in [2.05, 4.69) is 48.7 Å². The van der Waals surface area contributed by atoms with Gasteiger partial charge in [-0.1, -0.05) is 44.2 Å². The zero-order chi connectivity index (χ0) is 18.2. The Labute approximate surface area is 155 Å². The molecule has 0 aliphatic carbocycles. The monoisotopic (exact) mass is 358 g/mol. The standard InChI is InChI=1S/C20H26N2O2S/c1-14(2)12-17(15-8-6-5-7-9-15)22-20(25)21-16-10-11-18(23-3)19(13-16)24-4/h5-11,13-14,17H,12H2,1-4H3,(H2,21,22,25)/t17-/m0/s1. The molecule has 134 valence electrons. The summed E-state index contributed by atoms with van der Waals surface area (Å²) in [5.41, 5.74) is 2.08. The van der Waals surface area contributed by atoms with Crippen molar-refractivity contribution < 1.29 is 9.47 Å². The van der Waals surface area contributed by atoms with Crippen molar-refractivity contribution in [3.05, 3.63) is 54.1 Å². The van der Waals surface area contributed by atoms with Gasteiger partial charge in [0, 0.05) is 11.8 Å². The molecule has 0 aliphatic rings. The van der Waals surface area contributed by atoms with Crippen molar-refractivity contribution >= 4 is 23.0 Å². The molecule has 0 fully saturated rings. The van der Waals surface area contributed by atoms with Crippen LogP contribution in [0.1, 0.15) is 31.9 Å². The van der Waals surface area contributed by atoms with E-state index in [4.69, 9.17) is 21.7 Å². The van der Waals surface area contributed by atoms with Crippen LogP contribution >= 0.6 is 12.2 Å². The van der Waals surface area contributed by atoms with Gasteiger partial charge >= 0.3 is 0 Å². The van der Waals surface area contributed by atoms with Gasteiger partial charge in [0.25, 0.3) is 0 Å². The Morgan fingerprint density at radius 2 is 1.68 bits per heavy atom. The van der Waals surface area contributed by atoms with Crippen molar-refractivity contribution in [1.29, 1.82) is 0 Å². The Bertz CT molecular complexity index is 689. The normalized spacial score (nSPS) is 11.7. The first-order valence-electron chi connectivity index (χ1n) is 8.38. The average Bonchev–Trinajstić information content (AvgIpc) is 2.61. The number of ether oxygens (including phenoxy) is 2. The number of thiocarbonyl (C=S) groups is 1. The molecule has 2 aromatic rings. The minimum absolute atomic E-state index is 0.168. The quantitative estimate of drug-likeness (QED) is 0.698. The first kappa shape index (κ1) is 19.1. The van der Waals surface area contributed by atoms with Gasteiger partial charge in [-0.25, -0.2) is 0 Å². The Morgan fingerprint density at radius 3 is 2.28 bits per heavy atom. The minimum atomic E-state index is 0.168. The van der Waals surface area contributed by atoms with Crippen LogP contribution < -0.4 is 20.1 Å². The SMILES string of the molecule is COc1ccc(NC(=S)N[C@@H](CC(C)C)c2ccccc2)cc1OC. The molecule has 0 heterocycles. The lowest BCUT2D eigenvalue weighted by atomic mass is 9.97. The van der Waals surface area contributed by atoms with Crippen LogP contribution in [-0.2, 0) is 0 Å². The van der Waals surface area contributed by atoms with E-state index in [0.717, 1.165) is 12.1 Å². The van der Waals surface area contributed by atoms with E-state index < -0.39 is 0 Å². The van der Waals surface area contributed by atoms with E-state index in [9.17, 15) is 0 Å². The largest absolute Gasteiger partial charge is 0.493 e. The summed E-state index contributed by atoms with van der Waals surface area (Å²) in [5, 5.41) is 7.24. The molecule has 0 spiro atoms. The number of hydrogen-bond donors (Lipinski definition) is 2. The number of hydrogen-bond acceptors (Lipinski definition) is 3. The smallest absolute Gasteiger partial charge is 0.171 e. The highest BCUT2D eigenvalue weighted by atomic mass is 32.1. The number of nitrogens with one attached hydrogen (secondary N) is 2. The lowest BCUT2D eigenvalue weighted by Gasteiger charge is -2.23. The average molecular weight is 359 g/mol. The summed E-state index contributed by atoms with van der Waals surface area (Å²) >= 11 is 5.51. The maximum atomic E-state index is 5.51. The summed E-state index contributed by atoms with van der Waals surface area (Å²) in [6.45, 7) is 4.42. The first-order valence-corrected chi connectivity index (χ1v) is 8.78. The van der Waals surface area contributed by atoms with Crippen LogP contribution in [0.15, 0.2) is 48.5 Å². The molecule has 0 amide bonds. The predicted octanol–water partition coefficient (Wildman–Crippen LogP) is 4.78. The van der Waals surface area contributed by atoms with Gasteiger partial charge in [0.05, 0.1) is 20.3 Å². The van der Waals surface area contributed by atoms with Gasteiger partial charge in [0.1, 0.15) is 0 Å². The predicted molar refractivity (Wildman–Crippen MR) is 108 cm³/mol. The van der Waals surface area contributed by atoms with E-state index in [1.807, 2.05) is 24.3 Å². The third kappa shape index (κ3) is 5.64. The summed E-state index contributed by atoms with van der Waals surface area (Å²) in [5.74, 6) is 1.91. The van der Waals surface area contributed by atoms with E-state index >= 15 is 0 Å². The summed E-state index contributed by atoms with van der Waals surface area (Å²) in [6.07, 6.45) is 0.998. The lowest BCUT2D eigenvalue weighted by molar-refractivity contribution is 0.355. The molecule has 25 heavy (non-hydrogen) atoms. The molecular weight excluding hydrogens is 332 g/mol. The summed E-state index contributed by atoms with van der Waals surface area (Å²) in [7, 11) is 3.24. The third-order valence-electron chi connectivity index (χ3n) is 3.86. The summed E-state index contributed by atoms with van der Waals surface area (Å²) in [6, 6.07) is 16.2. The van der Waals surface area contributed by atoms with E-state index in [1.54, 1.807) is 14.2 Å². The Hall–Kier alpha value is -2.27. The van der Waals surface area contributed by atoms with Crippen LogP contribution in [0.2, 0.25) is 0 Å². The van der Waals surface area contributed by atoms with Crippen LogP contribution in [-0.4, -0.2) is 19.3 Å². The molecule has 2 aromatic carbocycles. The van der Waals surface area contributed by atoms with Crippen LogP contribution in [0, 0.1) is 5.92 Å². The van der Waals surface area contributed by atoms with Gasteiger partial charge in [-0.3, -0.25) is 0 Å². The van der Waals surface area contributed by atoms with Crippen LogP contribution in [0.3, 0.4) is 0 Å². The van der Waals surface area contributed by atoms with Gasteiger partial charge in [-0.2, -0.15) is 0 Å². The lowest BCUT2D eigenvalue weighted by Crippen LogP contribution is -2.33. The molecular formula is C20H26N2O2S. The van der Waals surface area contributed by atoms with Crippen LogP contribution in [0.25, 0.3) is 0 Å². The van der Waals surface area contributed by atoms with Crippen molar-refractivity contribution in [2.75, 3.05) is 19.5 Å². The van der Waals surface area contributed by atoms with Gasteiger partial charge in [-0.05, 0) is 42.3 Å². The van der Waals surface area contributed by atoms with Gasteiger partial charge < -0.3 is 20.1 Å². The maximum Gasteiger partial charge on any atom is 0.171 e. The van der Waals surface area contributed by atoms with Crippen molar-refractivity contribution in [3.8, 4) is 11.5 Å². The van der Waals surface area contributed by atoms with E-state index in [1.165, 1.54) is 5.56 Å². The second-order valence-corrected chi connectivity index (χ2v) is 6.67. The molecule has 0 radical (unpaired) electrons. The molecule has 0 unspecified atom stereocenters. The number of anilines is 1. The first-order chi connectivity index (χ1) is 12.0. The van der Waals surface area contributed by atoms with E-state index in [-0.39, 0.29) is 6.04 Å². The highest BCUT2D eigenvalue weighted by Crippen LogP contribution is 2.30. The molecule has 0 bridgehead atoms. The summed E-state index contributed by atoms with van der Waals surface area (Å²) < 4.78 is 10.6. The Kier molecular flexibility index (Phi) is 7.07. The Morgan fingerprint density at radius 1 is 1.00 bits per heavy atom. The van der Waals surface area contributed by atoms with Crippen molar-refractivity contribution in [2.24, 2.45) is 5.92 Å². The second-order valence-electron chi connectivity index (χ2n) is 6.26. The molecule has 1 atom stereocenters. The fraction of sp³-hybridized carbons (Fsp3) is 0.350. The highest BCUT2D eigenvalue weighted by Gasteiger charge is 2.15. The molecule has 0 aliphatic heterocycles. The number of methoxy groups -OCH3 is 2. The minimum Gasteiger partial charge on any atom is -0.493 e. The summed E-state index contributed by atoms with van der Waals surface area (Å²) in [4.78, 5) is 0. The Balaban J connectivity index is 2.08. The van der Waals surface area contributed by atoms with Gasteiger partial charge in [-0.15, -0.1) is 0 Å². The van der Waals surface area contributed by atoms with E-state index in [0.29, 0.717) is 22.5 Å². The van der Waals surface area contributed by atoms with Crippen molar-refractivity contribution in [2.45, 2.75) is 26.3 Å². The maximum absolute atomic E-state index is 5.51. The van der Waals surface area contributed by atoms with Crippen LogP contribution in [0.5, 0.6) is 11.5 Å². The molecule has 0 aromatic heterocycles. The van der Waals surface area contributed by atoms with Crippen molar-refractivity contribution in [1.82, 2.24) is 5.32 Å². The third-order valence-corrected chi connectivity index (χ3v) is 4.08. The van der Waals surface area contributed by atoms with Crippen molar-refractivity contribution in [3.63, 3.8) is 0 Å². The molecule has 2 N–H and O–H groups in total. The highest BCUT2D eigenvalue weighted by molar-refractivity contribution is 7.80. The number of rotatable bonds is 7. The van der Waals surface area contributed by atoms with Gasteiger partial charge in [0.15, 0.2) is 16.6 Å². The molecule has 5 heteroatoms. The van der Waals surface area contributed by atoms with Gasteiger partial charge in [0.2, 0.25) is 0 Å². The molecule has 0 saturated heterocycles. The fourth-order valence-corrected chi connectivity index (χ4v) is 2.93. The van der Waals surface area contributed by atoms with Crippen LogP contribution in [0.4, 0.5) is 5.69 Å². The fourth-order valence-electron chi connectivity index (χ4n) is 2.67. The second kappa shape index (κ2) is 9.28. The topological polar surface area (TPSA) is 42.5 Å². The molecule has 2 rings (SSSR count). The molecule has 0 saturated carbocycles. The zero-order valence-corrected chi connectivity index (χ0v) is 16.0.